The number of hydrogen-bond acceptors (Lipinski definition) is 3. The molecule has 0 aromatic heterocycles. The van der Waals surface area contributed by atoms with Crippen molar-refractivity contribution in [1.29, 1.82) is 0 Å². The Morgan fingerprint density at radius 1 is 1.28 bits per heavy atom. The maximum absolute atomic E-state index is 9.22. The van der Waals surface area contributed by atoms with Gasteiger partial charge in [0.25, 0.3) is 0 Å². The second-order valence-corrected chi connectivity index (χ2v) is 5.43. The van der Waals surface area contributed by atoms with Crippen LogP contribution >= 0.6 is 0 Å². The van der Waals surface area contributed by atoms with Gasteiger partial charge in [-0.1, -0.05) is 26.0 Å². The van der Waals surface area contributed by atoms with Crippen LogP contribution in [0.2, 0.25) is 0 Å². The Kier molecular flexibility index (Phi) is 5.63. The highest BCUT2D eigenvalue weighted by molar-refractivity contribution is 5.28. The van der Waals surface area contributed by atoms with Crippen LogP contribution in [0.5, 0.6) is 5.75 Å². The van der Waals surface area contributed by atoms with Gasteiger partial charge in [0.05, 0.1) is 6.61 Å². The molecule has 1 atom stereocenters. The molecular formula is C15H25NO2. The summed E-state index contributed by atoms with van der Waals surface area (Å²) in [6.07, 6.45) is 0. The van der Waals surface area contributed by atoms with E-state index < -0.39 is 0 Å². The molecular weight excluding hydrogens is 226 g/mol. The van der Waals surface area contributed by atoms with Gasteiger partial charge < -0.3 is 15.2 Å². The summed E-state index contributed by atoms with van der Waals surface area (Å²) in [5.74, 6) is 0.907. The molecule has 0 heterocycles. The lowest BCUT2D eigenvalue weighted by atomic mass is 9.94. The van der Waals surface area contributed by atoms with E-state index in [2.05, 4.69) is 24.4 Å². The van der Waals surface area contributed by atoms with E-state index in [9.17, 15) is 5.11 Å². The standard InChI is InChI=1S/C15H25NO2/c1-5-18-14-8-6-13(7-9-14)12(2)16-10-15(3,4)11-17/h6-9,12,16-17H,5,10-11H2,1-4H3. The first-order valence-corrected chi connectivity index (χ1v) is 6.55. The Labute approximate surface area is 110 Å². The second-order valence-electron chi connectivity index (χ2n) is 5.43. The van der Waals surface area contributed by atoms with Crippen molar-refractivity contribution in [3.05, 3.63) is 29.8 Å². The first-order valence-electron chi connectivity index (χ1n) is 6.55. The summed E-state index contributed by atoms with van der Waals surface area (Å²) in [6, 6.07) is 8.41. The average molecular weight is 251 g/mol. The van der Waals surface area contributed by atoms with E-state index in [4.69, 9.17) is 4.74 Å². The molecule has 3 heteroatoms. The van der Waals surface area contributed by atoms with Gasteiger partial charge in [-0.2, -0.15) is 0 Å². The highest BCUT2D eigenvalue weighted by atomic mass is 16.5. The summed E-state index contributed by atoms with van der Waals surface area (Å²) in [5.41, 5.74) is 1.15. The second kappa shape index (κ2) is 6.76. The van der Waals surface area contributed by atoms with E-state index >= 15 is 0 Å². The van der Waals surface area contributed by atoms with Crippen molar-refractivity contribution in [2.75, 3.05) is 19.8 Å². The first kappa shape index (κ1) is 15.0. The van der Waals surface area contributed by atoms with Gasteiger partial charge in [0.15, 0.2) is 0 Å². The van der Waals surface area contributed by atoms with Crippen LogP contribution < -0.4 is 10.1 Å². The van der Waals surface area contributed by atoms with E-state index in [-0.39, 0.29) is 18.1 Å². The van der Waals surface area contributed by atoms with Crippen LogP contribution in [0.3, 0.4) is 0 Å². The average Bonchev–Trinajstić information content (AvgIpc) is 2.37. The zero-order valence-electron chi connectivity index (χ0n) is 11.9. The number of aliphatic hydroxyl groups excluding tert-OH is 1. The fourth-order valence-corrected chi connectivity index (χ4v) is 1.62. The number of benzene rings is 1. The highest BCUT2D eigenvalue weighted by Gasteiger charge is 2.17. The van der Waals surface area contributed by atoms with E-state index in [0.717, 1.165) is 12.3 Å². The fraction of sp³-hybridized carbons (Fsp3) is 0.600. The van der Waals surface area contributed by atoms with Crippen molar-refractivity contribution in [2.45, 2.75) is 33.7 Å². The first-order chi connectivity index (χ1) is 8.48. The molecule has 0 saturated carbocycles. The molecule has 2 N–H and O–H groups in total. The SMILES string of the molecule is CCOc1ccc(C(C)NCC(C)(C)CO)cc1. The van der Waals surface area contributed by atoms with Crippen molar-refractivity contribution in [3.8, 4) is 5.75 Å². The van der Waals surface area contributed by atoms with Crippen molar-refractivity contribution in [1.82, 2.24) is 5.32 Å². The number of ether oxygens (including phenoxy) is 1. The Balaban J connectivity index is 2.53. The van der Waals surface area contributed by atoms with E-state index in [1.54, 1.807) is 0 Å². The zero-order valence-corrected chi connectivity index (χ0v) is 11.9. The molecule has 0 fully saturated rings. The van der Waals surface area contributed by atoms with Crippen molar-refractivity contribution >= 4 is 0 Å². The monoisotopic (exact) mass is 251 g/mol. The summed E-state index contributed by atoms with van der Waals surface area (Å²) in [4.78, 5) is 0. The van der Waals surface area contributed by atoms with Crippen LogP contribution in [0, 0.1) is 5.41 Å². The molecule has 3 nitrogen and oxygen atoms in total. The molecule has 1 unspecified atom stereocenters. The largest absolute Gasteiger partial charge is 0.494 e. The van der Waals surface area contributed by atoms with Gasteiger partial charge in [-0.15, -0.1) is 0 Å². The van der Waals surface area contributed by atoms with E-state index in [0.29, 0.717) is 6.61 Å². The predicted molar refractivity (Wildman–Crippen MR) is 74.9 cm³/mol. The van der Waals surface area contributed by atoms with Gasteiger partial charge in [-0.3, -0.25) is 0 Å². The van der Waals surface area contributed by atoms with Crippen LogP contribution in [0.4, 0.5) is 0 Å². The minimum Gasteiger partial charge on any atom is -0.494 e. The third-order valence-corrected chi connectivity index (χ3v) is 3.01. The van der Waals surface area contributed by atoms with Crippen LogP contribution in [-0.2, 0) is 0 Å². The molecule has 0 radical (unpaired) electrons. The van der Waals surface area contributed by atoms with Crippen LogP contribution in [0.25, 0.3) is 0 Å². The van der Waals surface area contributed by atoms with Crippen LogP contribution in [-0.4, -0.2) is 24.9 Å². The molecule has 0 aliphatic heterocycles. The molecule has 18 heavy (non-hydrogen) atoms. The van der Waals surface area contributed by atoms with E-state index in [1.165, 1.54) is 5.56 Å². The molecule has 0 amide bonds. The molecule has 1 aromatic rings. The third-order valence-electron chi connectivity index (χ3n) is 3.01. The Hall–Kier alpha value is -1.06. The quantitative estimate of drug-likeness (QED) is 0.783. The molecule has 0 aliphatic rings. The summed E-state index contributed by atoms with van der Waals surface area (Å²) >= 11 is 0. The minimum atomic E-state index is -0.0838. The maximum Gasteiger partial charge on any atom is 0.119 e. The van der Waals surface area contributed by atoms with Crippen molar-refractivity contribution in [2.24, 2.45) is 5.41 Å². The molecule has 0 saturated heterocycles. The lowest BCUT2D eigenvalue weighted by Gasteiger charge is -2.25. The lowest BCUT2D eigenvalue weighted by Crippen LogP contribution is -2.33. The Morgan fingerprint density at radius 3 is 2.39 bits per heavy atom. The molecule has 0 aliphatic carbocycles. The van der Waals surface area contributed by atoms with Gasteiger partial charge in [0.2, 0.25) is 0 Å². The van der Waals surface area contributed by atoms with E-state index in [1.807, 2.05) is 32.9 Å². The summed E-state index contributed by atoms with van der Waals surface area (Å²) in [5, 5.41) is 12.7. The number of nitrogens with one attached hydrogen (secondary N) is 1. The van der Waals surface area contributed by atoms with Crippen molar-refractivity contribution in [3.63, 3.8) is 0 Å². The van der Waals surface area contributed by atoms with Gasteiger partial charge in [-0.25, -0.2) is 0 Å². The number of rotatable bonds is 7. The summed E-state index contributed by atoms with van der Waals surface area (Å²) in [7, 11) is 0. The third kappa shape index (κ3) is 4.67. The topological polar surface area (TPSA) is 41.5 Å². The Morgan fingerprint density at radius 2 is 1.89 bits per heavy atom. The Bertz CT molecular complexity index is 346. The minimum absolute atomic E-state index is 0.0838. The summed E-state index contributed by atoms with van der Waals surface area (Å²) < 4.78 is 5.42. The highest BCUT2D eigenvalue weighted by Crippen LogP contribution is 2.19. The fourth-order valence-electron chi connectivity index (χ4n) is 1.62. The molecule has 0 bridgehead atoms. The van der Waals surface area contributed by atoms with Gasteiger partial charge in [0, 0.05) is 24.6 Å². The van der Waals surface area contributed by atoms with Crippen LogP contribution in [0.15, 0.2) is 24.3 Å². The van der Waals surface area contributed by atoms with Crippen LogP contribution in [0.1, 0.15) is 39.3 Å². The van der Waals surface area contributed by atoms with Gasteiger partial charge >= 0.3 is 0 Å². The zero-order chi connectivity index (χ0) is 13.6. The molecule has 1 aromatic carbocycles. The smallest absolute Gasteiger partial charge is 0.119 e. The summed E-state index contributed by atoms with van der Waals surface area (Å²) in [6.45, 7) is 9.87. The number of hydrogen-bond donors (Lipinski definition) is 2. The normalized spacial score (nSPS) is 13.4. The van der Waals surface area contributed by atoms with Gasteiger partial charge in [0.1, 0.15) is 5.75 Å². The molecule has 0 spiro atoms. The maximum atomic E-state index is 9.22. The van der Waals surface area contributed by atoms with Gasteiger partial charge in [-0.05, 0) is 31.5 Å². The van der Waals surface area contributed by atoms with Crippen molar-refractivity contribution < 1.29 is 9.84 Å². The predicted octanol–water partition coefficient (Wildman–Crippen LogP) is 2.75. The lowest BCUT2D eigenvalue weighted by molar-refractivity contribution is 0.154. The molecule has 102 valence electrons. The molecule has 1 rings (SSSR count). The number of aliphatic hydroxyl groups is 1.